The van der Waals surface area contributed by atoms with Crippen molar-refractivity contribution in [1.29, 1.82) is 0 Å². The molecule has 1 rings (SSSR count). The van der Waals surface area contributed by atoms with E-state index in [1.54, 1.807) is 6.92 Å². The average molecular weight is 292 g/mol. The monoisotopic (exact) mass is 292 g/mol. The van der Waals surface area contributed by atoms with Crippen LogP contribution in [0.2, 0.25) is 0 Å². The third-order valence-electron chi connectivity index (χ3n) is 3.19. The molecule has 1 aromatic rings. The molecule has 0 spiro atoms. The zero-order valence-corrected chi connectivity index (χ0v) is 13.4. The number of carbonyl (C=O) groups excluding carboxylic acids is 1. The lowest BCUT2D eigenvalue weighted by Crippen LogP contribution is -2.36. The first-order chi connectivity index (χ1) is 10.2. The van der Waals surface area contributed by atoms with Gasteiger partial charge in [-0.15, -0.1) is 0 Å². The first-order valence-corrected chi connectivity index (χ1v) is 7.91. The van der Waals surface area contributed by atoms with Gasteiger partial charge in [0.15, 0.2) is 6.10 Å². The van der Waals surface area contributed by atoms with E-state index in [4.69, 9.17) is 4.74 Å². The van der Waals surface area contributed by atoms with Crippen molar-refractivity contribution in [3.63, 3.8) is 0 Å². The molecule has 118 valence electrons. The van der Waals surface area contributed by atoms with Crippen molar-refractivity contribution in [2.45, 2.75) is 52.7 Å². The van der Waals surface area contributed by atoms with Crippen molar-refractivity contribution < 1.29 is 9.53 Å². The molecular formula is C17H28N2O2. The SMILES string of the molecule is CCCCNC(=O)C(C)Oc1ccc(CNCCC)cc1. The van der Waals surface area contributed by atoms with Crippen LogP contribution in [-0.4, -0.2) is 25.1 Å². The van der Waals surface area contributed by atoms with Gasteiger partial charge in [-0.3, -0.25) is 4.79 Å². The van der Waals surface area contributed by atoms with Gasteiger partial charge in [0.2, 0.25) is 0 Å². The van der Waals surface area contributed by atoms with Gasteiger partial charge >= 0.3 is 0 Å². The Morgan fingerprint density at radius 1 is 1.14 bits per heavy atom. The van der Waals surface area contributed by atoms with Gasteiger partial charge in [-0.1, -0.05) is 32.4 Å². The number of ether oxygens (including phenoxy) is 1. The molecule has 1 amide bonds. The zero-order valence-electron chi connectivity index (χ0n) is 13.4. The van der Waals surface area contributed by atoms with E-state index in [2.05, 4.69) is 24.5 Å². The summed E-state index contributed by atoms with van der Waals surface area (Å²) < 4.78 is 5.66. The van der Waals surface area contributed by atoms with Gasteiger partial charge < -0.3 is 15.4 Å². The molecule has 1 unspecified atom stereocenters. The standard InChI is InChI=1S/C17H28N2O2/c1-4-6-12-19-17(20)14(3)21-16-9-7-15(8-10-16)13-18-11-5-2/h7-10,14,18H,4-6,11-13H2,1-3H3,(H,19,20). The van der Waals surface area contributed by atoms with Gasteiger partial charge in [-0.2, -0.15) is 0 Å². The summed E-state index contributed by atoms with van der Waals surface area (Å²) in [6.45, 7) is 8.62. The van der Waals surface area contributed by atoms with Crippen molar-refractivity contribution in [1.82, 2.24) is 10.6 Å². The van der Waals surface area contributed by atoms with Gasteiger partial charge in [0, 0.05) is 13.1 Å². The van der Waals surface area contributed by atoms with E-state index in [0.717, 1.165) is 38.1 Å². The Morgan fingerprint density at radius 3 is 2.48 bits per heavy atom. The molecule has 0 saturated heterocycles. The second-order valence-electron chi connectivity index (χ2n) is 5.23. The number of benzene rings is 1. The van der Waals surface area contributed by atoms with E-state index in [1.165, 1.54) is 5.56 Å². The molecule has 1 aromatic carbocycles. The van der Waals surface area contributed by atoms with Crippen molar-refractivity contribution >= 4 is 5.91 Å². The topological polar surface area (TPSA) is 50.4 Å². The minimum Gasteiger partial charge on any atom is -0.481 e. The summed E-state index contributed by atoms with van der Waals surface area (Å²) in [6, 6.07) is 7.89. The lowest BCUT2D eigenvalue weighted by Gasteiger charge is -2.15. The molecule has 0 bridgehead atoms. The fourth-order valence-corrected chi connectivity index (χ4v) is 1.89. The lowest BCUT2D eigenvalue weighted by atomic mass is 10.2. The molecule has 0 aliphatic carbocycles. The molecule has 0 aliphatic heterocycles. The molecule has 0 aromatic heterocycles. The minimum absolute atomic E-state index is 0.0582. The molecule has 0 heterocycles. The number of hydrogen-bond donors (Lipinski definition) is 2. The van der Waals surface area contributed by atoms with Crippen LogP contribution in [0.15, 0.2) is 24.3 Å². The fraction of sp³-hybridized carbons (Fsp3) is 0.588. The Labute approximate surface area is 128 Å². The van der Waals surface area contributed by atoms with Gasteiger partial charge in [-0.25, -0.2) is 0 Å². The van der Waals surface area contributed by atoms with Crippen LogP contribution < -0.4 is 15.4 Å². The van der Waals surface area contributed by atoms with E-state index in [-0.39, 0.29) is 5.91 Å². The van der Waals surface area contributed by atoms with Crippen molar-refractivity contribution in [3.05, 3.63) is 29.8 Å². The largest absolute Gasteiger partial charge is 0.481 e. The molecule has 0 saturated carbocycles. The van der Waals surface area contributed by atoms with Gasteiger partial charge in [0.05, 0.1) is 0 Å². The van der Waals surface area contributed by atoms with Gasteiger partial charge in [0.1, 0.15) is 5.75 Å². The predicted molar refractivity (Wildman–Crippen MR) is 86.4 cm³/mol. The van der Waals surface area contributed by atoms with Crippen molar-refractivity contribution in [2.24, 2.45) is 0 Å². The van der Waals surface area contributed by atoms with E-state index in [9.17, 15) is 4.79 Å². The highest BCUT2D eigenvalue weighted by molar-refractivity contribution is 5.80. The van der Waals surface area contributed by atoms with Crippen LogP contribution in [0.3, 0.4) is 0 Å². The maximum absolute atomic E-state index is 11.8. The van der Waals surface area contributed by atoms with Crippen LogP contribution in [0.1, 0.15) is 45.6 Å². The zero-order chi connectivity index (χ0) is 15.5. The maximum Gasteiger partial charge on any atom is 0.260 e. The molecule has 21 heavy (non-hydrogen) atoms. The van der Waals surface area contributed by atoms with Crippen LogP contribution in [0.4, 0.5) is 0 Å². The number of amides is 1. The van der Waals surface area contributed by atoms with Gasteiger partial charge in [0.25, 0.3) is 5.91 Å². The van der Waals surface area contributed by atoms with Crippen molar-refractivity contribution in [3.8, 4) is 5.75 Å². The van der Waals surface area contributed by atoms with Crippen molar-refractivity contribution in [2.75, 3.05) is 13.1 Å². The Balaban J connectivity index is 2.38. The first-order valence-electron chi connectivity index (χ1n) is 7.91. The normalized spacial score (nSPS) is 12.0. The number of nitrogens with one attached hydrogen (secondary N) is 2. The second-order valence-corrected chi connectivity index (χ2v) is 5.23. The number of unbranched alkanes of at least 4 members (excludes halogenated alkanes) is 1. The molecule has 1 atom stereocenters. The lowest BCUT2D eigenvalue weighted by molar-refractivity contribution is -0.127. The van der Waals surface area contributed by atoms with Crippen LogP contribution in [0.5, 0.6) is 5.75 Å². The second kappa shape index (κ2) is 10.2. The molecule has 2 N–H and O–H groups in total. The van der Waals surface area contributed by atoms with Gasteiger partial charge in [-0.05, 0) is 44.0 Å². The quantitative estimate of drug-likeness (QED) is 0.652. The highest BCUT2D eigenvalue weighted by Crippen LogP contribution is 2.14. The maximum atomic E-state index is 11.8. The van der Waals surface area contributed by atoms with Crippen LogP contribution in [0.25, 0.3) is 0 Å². The average Bonchev–Trinajstić information content (AvgIpc) is 2.49. The minimum atomic E-state index is -0.467. The Morgan fingerprint density at radius 2 is 1.86 bits per heavy atom. The third kappa shape index (κ3) is 7.14. The van der Waals surface area contributed by atoms with E-state index in [1.807, 2.05) is 24.3 Å². The molecule has 4 nitrogen and oxygen atoms in total. The van der Waals surface area contributed by atoms with E-state index < -0.39 is 6.10 Å². The first kappa shape index (κ1) is 17.5. The molecule has 0 fully saturated rings. The summed E-state index contributed by atoms with van der Waals surface area (Å²) in [6.07, 6.45) is 2.73. The van der Waals surface area contributed by atoms with E-state index >= 15 is 0 Å². The van der Waals surface area contributed by atoms with E-state index in [0.29, 0.717) is 6.54 Å². The Bertz CT molecular complexity index is 404. The summed E-state index contributed by atoms with van der Waals surface area (Å²) >= 11 is 0. The highest BCUT2D eigenvalue weighted by atomic mass is 16.5. The summed E-state index contributed by atoms with van der Waals surface area (Å²) in [5, 5.41) is 6.23. The fourth-order valence-electron chi connectivity index (χ4n) is 1.89. The van der Waals surface area contributed by atoms with Crippen LogP contribution in [-0.2, 0) is 11.3 Å². The summed E-state index contributed by atoms with van der Waals surface area (Å²) in [5.74, 6) is 0.671. The Hall–Kier alpha value is -1.55. The summed E-state index contributed by atoms with van der Waals surface area (Å²) in [5.41, 5.74) is 1.22. The molecule has 0 aliphatic rings. The van der Waals surface area contributed by atoms with Crippen LogP contribution >= 0.6 is 0 Å². The molecular weight excluding hydrogens is 264 g/mol. The number of rotatable bonds is 10. The molecule has 4 heteroatoms. The third-order valence-corrected chi connectivity index (χ3v) is 3.19. The Kier molecular flexibility index (Phi) is 8.51. The summed E-state index contributed by atoms with van der Waals surface area (Å²) in [4.78, 5) is 11.8. The smallest absolute Gasteiger partial charge is 0.260 e. The number of hydrogen-bond acceptors (Lipinski definition) is 3. The predicted octanol–water partition coefficient (Wildman–Crippen LogP) is 2.87. The summed E-state index contributed by atoms with van der Waals surface area (Å²) in [7, 11) is 0. The highest BCUT2D eigenvalue weighted by Gasteiger charge is 2.13. The van der Waals surface area contributed by atoms with Crippen LogP contribution in [0, 0.1) is 0 Å². The molecule has 0 radical (unpaired) electrons. The number of carbonyl (C=O) groups is 1.